The molecule has 1 saturated heterocycles. The highest BCUT2D eigenvalue weighted by molar-refractivity contribution is 5.78. The Morgan fingerprint density at radius 1 is 0.512 bits per heavy atom. The van der Waals surface area contributed by atoms with Crippen molar-refractivity contribution in [1.29, 1.82) is 0 Å². The highest BCUT2D eigenvalue weighted by Gasteiger charge is 2.30. The molecule has 0 aromatic carbocycles. The van der Waals surface area contributed by atoms with E-state index in [1.54, 1.807) is 111 Å². The molecule has 0 aliphatic carbocycles. The molecule has 0 aromatic heterocycles. The summed E-state index contributed by atoms with van der Waals surface area (Å²) in [6.07, 6.45) is 4.36. The van der Waals surface area contributed by atoms with Gasteiger partial charge in [-0.3, -0.25) is 57.5 Å². The van der Waals surface area contributed by atoms with Gasteiger partial charge in [-0.2, -0.15) is 0 Å². The summed E-state index contributed by atoms with van der Waals surface area (Å²) in [5, 5.41) is 109. The fourth-order valence-electron chi connectivity index (χ4n) is 2.50. The third-order valence-corrected chi connectivity index (χ3v) is 10.4. The molecule has 0 radical (unpaired) electrons. The van der Waals surface area contributed by atoms with Crippen LogP contribution >= 0.6 is 0 Å². The van der Waals surface area contributed by atoms with E-state index in [0.29, 0.717) is 31.6 Å². The van der Waals surface area contributed by atoms with Crippen LogP contribution in [0.25, 0.3) is 0 Å². The summed E-state index contributed by atoms with van der Waals surface area (Å²) in [7, 11) is 0. The normalized spacial score (nSPS) is 14.7. The third kappa shape index (κ3) is 81.9. The average molecular weight is 1230 g/mol. The number of nitrogens with two attached hydrogens (primary N) is 3. The van der Waals surface area contributed by atoms with Crippen molar-refractivity contribution in [2.45, 2.75) is 220 Å². The second kappa shape index (κ2) is 59.6. The maximum Gasteiger partial charge on any atom is 0.323 e. The van der Waals surface area contributed by atoms with Crippen LogP contribution in [-0.2, 0) is 57.5 Å². The Bertz CT molecular complexity index is 1750. The van der Waals surface area contributed by atoms with Crippen LogP contribution in [0.15, 0.2) is 0 Å². The van der Waals surface area contributed by atoms with Gasteiger partial charge < -0.3 is 88.9 Å². The van der Waals surface area contributed by atoms with Gasteiger partial charge in [0.15, 0.2) is 0 Å². The number of aliphatic carboxylic acids is 12. The lowest BCUT2D eigenvalue weighted by molar-refractivity contribution is -0.150. The topological polar surface area (TPSA) is 558 Å². The molecule has 1 heterocycles. The van der Waals surface area contributed by atoms with E-state index in [4.69, 9.17) is 83.6 Å². The summed E-state index contributed by atoms with van der Waals surface area (Å²) in [4.78, 5) is 119. The van der Waals surface area contributed by atoms with Crippen LogP contribution in [0.3, 0.4) is 0 Å². The van der Waals surface area contributed by atoms with Crippen molar-refractivity contribution in [2.24, 2.45) is 63.5 Å². The Kier molecular flexibility index (Phi) is 72.7. The molecular weight excluding hydrogens is 1120 g/mol. The largest absolute Gasteiger partial charge is 0.481 e. The minimum atomic E-state index is -1.04. The minimum Gasteiger partial charge on any atom is -0.481 e. The summed E-state index contributed by atoms with van der Waals surface area (Å²) in [5.41, 5.74) is 12.9. The van der Waals surface area contributed by atoms with Crippen molar-refractivity contribution in [2.75, 3.05) is 13.2 Å². The molecule has 1 aliphatic rings. The van der Waals surface area contributed by atoms with Crippen molar-refractivity contribution < 1.29 is 124 Å². The molecule has 20 N–H and O–H groups in total. The van der Waals surface area contributed by atoms with Crippen LogP contribution in [0.4, 0.5) is 0 Å². The average Bonchev–Trinajstić information content (AvgIpc) is 3.82. The van der Waals surface area contributed by atoms with Gasteiger partial charge in [0.05, 0.1) is 41.1 Å². The lowest BCUT2D eigenvalue weighted by Crippen LogP contribution is -2.43. The molecule has 502 valence electrons. The molecule has 29 heteroatoms. The molecule has 0 aromatic rings. The number of carboxylic acids is 12. The summed E-state index contributed by atoms with van der Waals surface area (Å²) in [6.45, 7) is 36.1. The molecule has 0 amide bonds. The molecule has 29 nitrogen and oxygen atoms in total. The first-order valence-corrected chi connectivity index (χ1v) is 27.0. The molecule has 0 saturated carbocycles. The van der Waals surface area contributed by atoms with Gasteiger partial charge in [-0.05, 0) is 91.5 Å². The van der Waals surface area contributed by atoms with Crippen molar-refractivity contribution in [3.8, 4) is 0 Å². The smallest absolute Gasteiger partial charge is 0.323 e. The van der Waals surface area contributed by atoms with E-state index in [2.05, 4.69) is 5.32 Å². The fraction of sp³-hybridized carbons (Fsp3) is 0.782. The van der Waals surface area contributed by atoms with E-state index < -0.39 is 100 Å². The number of hydrogen-bond acceptors (Lipinski definition) is 17. The number of carbonyl (C=O) groups is 12. The van der Waals surface area contributed by atoms with E-state index in [1.165, 1.54) is 13.8 Å². The molecule has 7 atom stereocenters. The van der Waals surface area contributed by atoms with E-state index >= 15 is 0 Å². The number of hydrogen-bond donors (Lipinski definition) is 17. The van der Waals surface area contributed by atoms with Gasteiger partial charge in [0, 0.05) is 12.8 Å². The maximum absolute atomic E-state index is 10.3. The fourth-order valence-corrected chi connectivity index (χ4v) is 2.50. The van der Waals surface area contributed by atoms with E-state index in [-0.39, 0.29) is 48.7 Å². The van der Waals surface area contributed by atoms with Crippen LogP contribution in [0.1, 0.15) is 197 Å². The number of aliphatic hydroxyl groups excluding tert-OH is 1. The predicted octanol–water partition coefficient (Wildman–Crippen LogP) is 6.38. The van der Waals surface area contributed by atoms with Gasteiger partial charge in [0.2, 0.25) is 0 Å². The molecular formula is C55H112N4O25. The Hall–Kier alpha value is -6.56. The van der Waals surface area contributed by atoms with Gasteiger partial charge in [-0.15, -0.1) is 0 Å². The SMILES string of the molecule is CC(C)(C)C(=O)O.CC(C)C(=O)O.CC(C)C(=O)O.CC(C)C(=O)O.CC(C)C(N)C(=O)O.CC1CCNC1C(=O)O.CCC(=O)O.CCC(C)(CO)C(=O)O.CCC(C)(N)C(=O)O.CCC(C)C(=O)O.CCC(N)C(=O)O.CCCC(=O)O. The molecule has 1 rings (SSSR count). The first-order valence-electron chi connectivity index (χ1n) is 27.0. The number of rotatable bonds is 18. The van der Waals surface area contributed by atoms with Gasteiger partial charge in [0.1, 0.15) is 23.7 Å². The molecule has 0 bridgehead atoms. The van der Waals surface area contributed by atoms with Crippen molar-refractivity contribution >= 4 is 71.6 Å². The Morgan fingerprint density at radius 3 is 0.869 bits per heavy atom. The van der Waals surface area contributed by atoms with Gasteiger partial charge in [-0.1, -0.05) is 111 Å². The van der Waals surface area contributed by atoms with E-state index in [1.807, 2.05) is 20.8 Å². The second-order valence-corrected chi connectivity index (χ2v) is 21.0. The van der Waals surface area contributed by atoms with Gasteiger partial charge in [-0.25, -0.2) is 0 Å². The zero-order valence-corrected chi connectivity index (χ0v) is 53.7. The Morgan fingerprint density at radius 2 is 0.845 bits per heavy atom. The number of carboxylic acid groups (broad SMARTS) is 12. The monoisotopic (exact) mass is 1230 g/mol. The quantitative estimate of drug-likeness (QED) is 0.0708. The van der Waals surface area contributed by atoms with Crippen LogP contribution in [-0.4, -0.2) is 175 Å². The third-order valence-electron chi connectivity index (χ3n) is 10.4. The standard InChI is InChI=1S/C6H11NO2.C6H12O3.2C5H11NO2.2C5H10O2.C4H9NO2.4C4H8O2.C3H6O2/c1-4-2-3-7-5(4)6(8)9;1-3-6(2,4-7)5(8)9;1-3-5(2,6)4(7)8;1-3(2)4(6)5(7)8;1-5(2,3)4(6)7;1-3-4(2)5(6)7;1-2-3(5)4(6)7;3*1-3(2)4(5)6;1-2-3-4(5)6;1-2-3(4)5/h4-5,7H,2-3H2,1H3,(H,8,9);7H,3-4H2,1-2H3,(H,8,9);3,6H2,1-2H3,(H,7,8);3-4H,6H2,1-2H3,(H,7,8);1-3H3,(H,6,7);4H,3H2,1-2H3,(H,6,7);3H,2,5H2,1H3,(H,6,7);3*3H,1-2H3,(H,5,6);2-3H2,1H3,(H,5,6);2H2,1H3,(H,4,5). The van der Waals surface area contributed by atoms with Crippen LogP contribution in [0.2, 0.25) is 0 Å². The Balaban J connectivity index is -0.0000000772. The zero-order valence-electron chi connectivity index (χ0n) is 53.7. The molecule has 1 fully saturated rings. The van der Waals surface area contributed by atoms with E-state index in [9.17, 15) is 57.5 Å². The lowest BCUT2D eigenvalue weighted by Gasteiger charge is -2.18. The molecule has 0 spiro atoms. The van der Waals surface area contributed by atoms with Crippen LogP contribution in [0.5, 0.6) is 0 Å². The van der Waals surface area contributed by atoms with Crippen molar-refractivity contribution in [3.05, 3.63) is 0 Å². The number of aliphatic hydroxyl groups is 1. The summed E-state index contributed by atoms with van der Waals surface area (Å²) in [6, 6.07) is -1.69. The highest BCUT2D eigenvalue weighted by atomic mass is 16.4. The van der Waals surface area contributed by atoms with Gasteiger partial charge in [0.25, 0.3) is 0 Å². The predicted molar refractivity (Wildman–Crippen MR) is 315 cm³/mol. The lowest BCUT2D eigenvalue weighted by atomic mass is 9.89. The number of nitrogens with one attached hydrogen (secondary N) is 1. The first kappa shape index (κ1) is 103. The molecule has 84 heavy (non-hydrogen) atoms. The molecule has 7 unspecified atom stereocenters. The summed E-state index contributed by atoms with van der Waals surface area (Å²) >= 11 is 0. The molecule has 1 aliphatic heterocycles. The first-order chi connectivity index (χ1) is 37.6. The minimum absolute atomic E-state index is 0.0208. The van der Waals surface area contributed by atoms with Crippen molar-refractivity contribution in [1.82, 2.24) is 5.32 Å². The summed E-state index contributed by atoms with van der Waals surface area (Å²) < 4.78 is 0. The van der Waals surface area contributed by atoms with Crippen LogP contribution < -0.4 is 22.5 Å². The maximum atomic E-state index is 10.3. The summed E-state index contributed by atoms with van der Waals surface area (Å²) in [5.74, 6) is -10.2. The highest BCUT2D eigenvalue weighted by Crippen LogP contribution is 2.19. The van der Waals surface area contributed by atoms with Crippen LogP contribution in [0, 0.1) is 46.3 Å². The zero-order chi connectivity index (χ0) is 70.4. The Labute approximate surface area is 496 Å². The van der Waals surface area contributed by atoms with Crippen molar-refractivity contribution in [3.63, 3.8) is 0 Å². The second-order valence-electron chi connectivity index (χ2n) is 21.0. The van der Waals surface area contributed by atoms with Gasteiger partial charge >= 0.3 is 71.6 Å². The van der Waals surface area contributed by atoms with E-state index in [0.717, 1.165) is 25.8 Å².